The summed E-state index contributed by atoms with van der Waals surface area (Å²) in [5.74, 6) is 0. The van der Waals surface area contributed by atoms with Gasteiger partial charge < -0.3 is 0 Å². The number of hydrogen-bond donors (Lipinski definition) is 0. The summed E-state index contributed by atoms with van der Waals surface area (Å²) in [5, 5.41) is 9.19. The quantitative estimate of drug-likeness (QED) is 0.742. The van der Waals surface area contributed by atoms with Gasteiger partial charge in [0, 0.05) is 4.47 Å². The molecule has 0 spiro atoms. The minimum absolute atomic E-state index is 0.365. The zero-order chi connectivity index (χ0) is 9.14. The van der Waals surface area contributed by atoms with E-state index in [2.05, 4.69) is 22.0 Å². The Morgan fingerprint density at radius 1 is 1.58 bits per heavy atom. The molecule has 0 aromatic heterocycles. The summed E-state index contributed by atoms with van der Waals surface area (Å²) in [6, 6.07) is 5.92. The van der Waals surface area contributed by atoms with E-state index in [1.807, 2.05) is 19.1 Å². The molecule has 1 aromatic rings. The molecule has 0 fully saturated rings. The molecular formula is C9H7BrClN. The largest absolute Gasteiger partial charge is 0.198 e. The number of rotatable bonds is 1. The Morgan fingerprint density at radius 3 is 2.83 bits per heavy atom. The van der Waals surface area contributed by atoms with Crippen molar-refractivity contribution in [3.05, 3.63) is 32.8 Å². The lowest BCUT2D eigenvalue weighted by molar-refractivity contribution is 1.21. The summed E-state index contributed by atoms with van der Waals surface area (Å²) in [6.07, 6.45) is 0.365. The highest BCUT2D eigenvalue weighted by atomic mass is 79.9. The second-order valence-electron chi connectivity index (χ2n) is 2.49. The Kier molecular flexibility index (Phi) is 3.13. The first-order valence-electron chi connectivity index (χ1n) is 3.47. The van der Waals surface area contributed by atoms with Crippen molar-refractivity contribution >= 4 is 27.5 Å². The maximum atomic E-state index is 8.54. The Morgan fingerprint density at radius 2 is 2.25 bits per heavy atom. The Labute approximate surface area is 85.1 Å². The van der Waals surface area contributed by atoms with Gasteiger partial charge in [-0.3, -0.25) is 0 Å². The first-order chi connectivity index (χ1) is 5.66. The zero-order valence-electron chi connectivity index (χ0n) is 6.56. The highest BCUT2D eigenvalue weighted by Crippen LogP contribution is 2.28. The second-order valence-corrected chi connectivity index (χ2v) is 3.72. The van der Waals surface area contributed by atoms with Crippen LogP contribution in [0.25, 0.3) is 0 Å². The fourth-order valence-corrected chi connectivity index (χ4v) is 1.64. The summed E-state index contributed by atoms with van der Waals surface area (Å²) in [6.45, 7) is 1.95. The van der Waals surface area contributed by atoms with Crippen molar-refractivity contribution in [3.63, 3.8) is 0 Å². The van der Waals surface area contributed by atoms with Crippen LogP contribution in [0.5, 0.6) is 0 Å². The molecule has 0 amide bonds. The van der Waals surface area contributed by atoms with Crippen molar-refractivity contribution in [2.75, 3.05) is 0 Å². The summed E-state index contributed by atoms with van der Waals surface area (Å²) in [4.78, 5) is 0. The zero-order valence-corrected chi connectivity index (χ0v) is 8.91. The minimum atomic E-state index is 0.365. The van der Waals surface area contributed by atoms with Crippen LogP contribution in [0.2, 0.25) is 5.02 Å². The highest BCUT2D eigenvalue weighted by Gasteiger charge is 2.06. The number of benzene rings is 1. The molecule has 0 radical (unpaired) electrons. The van der Waals surface area contributed by atoms with Crippen LogP contribution < -0.4 is 0 Å². The molecule has 0 saturated heterocycles. The topological polar surface area (TPSA) is 23.8 Å². The van der Waals surface area contributed by atoms with Gasteiger partial charge in [0.1, 0.15) is 0 Å². The minimum Gasteiger partial charge on any atom is -0.198 e. The van der Waals surface area contributed by atoms with Crippen molar-refractivity contribution in [3.8, 4) is 6.07 Å². The van der Waals surface area contributed by atoms with E-state index in [-0.39, 0.29) is 0 Å². The van der Waals surface area contributed by atoms with Gasteiger partial charge in [0.05, 0.1) is 17.5 Å². The third kappa shape index (κ3) is 1.80. The molecule has 3 heteroatoms. The summed E-state index contributed by atoms with van der Waals surface area (Å²) in [7, 11) is 0. The van der Waals surface area contributed by atoms with Crippen LogP contribution in [0.1, 0.15) is 11.1 Å². The van der Waals surface area contributed by atoms with Crippen molar-refractivity contribution in [1.29, 1.82) is 5.26 Å². The van der Waals surface area contributed by atoms with Gasteiger partial charge in [-0.1, -0.05) is 17.7 Å². The van der Waals surface area contributed by atoms with Crippen LogP contribution in [0.4, 0.5) is 0 Å². The van der Waals surface area contributed by atoms with Gasteiger partial charge in [-0.05, 0) is 40.0 Å². The second kappa shape index (κ2) is 3.93. The van der Waals surface area contributed by atoms with Gasteiger partial charge in [-0.2, -0.15) is 5.26 Å². The van der Waals surface area contributed by atoms with E-state index in [0.29, 0.717) is 11.4 Å². The number of nitrogens with zero attached hydrogens (tertiary/aromatic N) is 1. The van der Waals surface area contributed by atoms with Crippen molar-refractivity contribution in [2.45, 2.75) is 13.3 Å². The van der Waals surface area contributed by atoms with Crippen molar-refractivity contribution in [2.24, 2.45) is 0 Å². The van der Waals surface area contributed by atoms with Crippen LogP contribution in [0, 0.1) is 18.3 Å². The molecule has 1 rings (SSSR count). The van der Waals surface area contributed by atoms with Gasteiger partial charge >= 0.3 is 0 Å². The maximum Gasteiger partial charge on any atom is 0.0670 e. The number of nitriles is 1. The Hall–Kier alpha value is -0.520. The van der Waals surface area contributed by atoms with Crippen LogP contribution in [0.15, 0.2) is 16.6 Å². The SMILES string of the molecule is Cc1ccc(Br)c(Cl)c1CC#N. The number of hydrogen-bond acceptors (Lipinski definition) is 1. The summed E-state index contributed by atoms with van der Waals surface area (Å²) in [5.41, 5.74) is 1.97. The molecule has 12 heavy (non-hydrogen) atoms. The monoisotopic (exact) mass is 243 g/mol. The Balaban J connectivity index is 3.25. The van der Waals surface area contributed by atoms with Crippen LogP contribution >= 0.6 is 27.5 Å². The Bertz CT molecular complexity index is 341. The van der Waals surface area contributed by atoms with Gasteiger partial charge in [-0.15, -0.1) is 0 Å². The van der Waals surface area contributed by atoms with Crippen LogP contribution in [-0.2, 0) is 6.42 Å². The van der Waals surface area contributed by atoms with Crippen molar-refractivity contribution < 1.29 is 0 Å². The molecule has 0 aliphatic rings. The van der Waals surface area contributed by atoms with Crippen molar-refractivity contribution in [1.82, 2.24) is 0 Å². The van der Waals surface area contributed by atoms with Crippen LogP contribution in [0.3, 0.4) is 0 Å². The predicted molar refractivity (Wildman–Crippen MR) is 53.2 cm³/mol. The first-order valence-corrected chi connectivity index (χ1v) is 4.64. The van der Waals surface area contributed by atoms with E-state index in [1.165, 1.54) is 0 Å². The molecule has 1 nitrogen and oxygen atoms in total. The lowest BCUT2D eigenvalue weighted by Gasteiger charge is -2.05. The average Bonchev–Trinajstić information content (AvgIpc) is 2.06. The van der Waals surface area contributed by atoms with E-state index < -0.39 is 0 Å². The third-order valence-corrected chi connectivity index (χ3v) is 3.01. The van der Waals surface area contributed by atoms with Gasteiger partial charge in [-0.25, -0.2) is 0 Å². The van der Waals surface area contributed by atoms with Gasteiger partial charge in [0.25, 0.3) is 0 Å². The fraction of sp³-hybridized carbons (Fsp3) is 0.222. The van der Waals surface area contributed by atoms with E-state index in [0.717, 1.165) is 15.6 Å². The van der Waals surface area contributed by atoms with E-state index in [1.54, 1.807) is 0 Å². The summed E-state index contributed by atoms with van der Waals surface area (Å²) >= 11 is 9.29. The average molecular weight is 245 g/mol. The summed E-state index contributed by atoms with van der Waals surface area (Å²) < 4.78 is 0.847. The molecule has 0 aliphatic heterocycles. The van der Waals surface area contributed by atoms with Gasteiger partial charge in [0.15, 0.2) is 0 Å². The third-order valence-electron chi connectivity index (χ3n) is 1.69. The first kappa shape index (κ1) is 9.57. The number of halogens is 2. The molecule has 0 saturated carbocycles. The normalized spacial score (nSPS) is 9.50. The van der Waals surface area contributed by atoms with Crippen LogP contribution in [-0.4, -0.2) is 0 Å². The molecule has 0 atom stereocenters. The smallest absolute Gasteiger partial charge is 0.0670 e. The standard InChI is InChI=1S/C9H7BrClN/c1-6-2-3-8(10)9(11)7(6)4-5-12/h2-3H,4H2,1H3. The lowest BCUT2D eigenvalue weighted by atomic mass is 10.1. The molecule has 62 valence electrons. The fourth-order valence-electron chi connectivity index (χ4n) is 0.985. The van der Waals surface area contributed by atoms with Gasteiger partial charge in [0.2, 0.25) is 0 Å². The number of aryl methyl sites for hydroxylation is 1. The molecule has 0 N–H and O–H groups in total. The lowest BCUT2D eigenvalue weighted by Crippen LogP contribution is -1.89. The highest BCUT2D eigenvalue weighted by molar-refractivity contribution is 9.10. The predicted octanol–water partition coefficient (Wildman–Crippen LogP) is 3.48. The van der Waals surface area contributed by atoms with E-state index in [9.17, 15) is 0 Å². The molecule has 1 aromatic carbocycles. The molecular weight excluding hydrogens is 237 g/mol. The van der Waals surface area contributed by atoms with E-state index >= 15 is 0 Å². The maximum absolute atomic E-state index is 8.54. The van der Waals surface area contributed by atoms with E-state index in [4.69, 9.17) is 16.9 Å². The molecule has 0 unspecified atom stereocenters. The molecule has 0 heterocycles. The molecule has 0 bridgehead atoms. The molecule has 0 aliphatic carbocycles.